The lowest BCUT2D eigenvalue weighted by Crippen LogP contribution is -2.29. The normalized spacial score (nSPS) is 15.0. The molecule has 0 radical (unpaired) electrons. The Labute approximate surface area is 132 Å². The maximum Gasteiger partial charge on any atom is 0.0933 e. The van der Waals surface area contributed by atoms with E-state index in [0.29, 0.717) is 13.2 Å². The van der Waals surface area contributed by atoms with Crippen molar-refractivity contribution >= 4 is 5.69 Å². The van der Waals surface area contributed by atoms with Crippen LogP contribution in [0.2, 0.25) is 0 Å². The molecule has 0 bridgehead atoms. The van der Waals surface area contributed by atoms with Gasteiger partial charge < -0.3 is 4.90 Å². The van der Waals surface area contributed by atoms with Gasteiger partial charge in [-0.05, 0) is 37.0 Å². The third kappa shape index (κ3) is 4.29. The first-order valence-electron chi connectivity index (χ1n) is 8.00. The number of benzene rings is 1. The third-order valence-corrected chi connectivity index (χ3v) is 3.96. The van der Waals surface area contributed by atoms with Crippen molar-refractivity contribution in [3.63, 3.8) is 0 Å². The number of hydrogen-bond acceptors (Lipinski definition) is 4. The second-order valence-corrected chi connectivity index (χ2v) is 5.65. The van der Waals surface area contributed by atoms with Crippen LogP contribution in [0.15, 0.2) is 48.7 Å². The molecular formula is C18H23N3O. The highest BCUT2D eigenvalue weighted by Gasteiger charge is 2.11. The molecule has 0 atom stereocenters. The van der Waals surface area contributed by atoms with Gasteiger partial charge in [0, 0.05) is 25.0 Å². The van der Waals surface area contributed by atoms with Gasteiger partial charge in [0.05, 0.1) is 18.8 Å². The number of piperidine rings is 1. The highest BCUT2D eigenvalue weighted by atomic mass is 16.6. The van der Waals surface area contributed by atoms with E-state index in [1.54, 1.807) is 0 Å². The van der Waals surface area contributed by atoms with E-state index in [4.69, 9.17) is 4.84 Å². The van der Waals surface area contributed by atoms with Gasteiger partial charge in [-0.2, -0.15) is 5.48 Å². The summed E-state index contributed by atoms with van der Waals surface area (Å²) in [7, 11) is 0. The lowest BCUT2D eigenvalue weighted by Gasteiger charge is -2.28. The van der Waals surface area contributed by atoms with Crippen LogP contribution in [0.3, 0.4) is 0 Å². The van der Waals surface area contributed by atoms with Crippen molar-refractivity contribution in [3.05, 3.63) is 59.9 Å². The monoisotopic (exact) mass is 297 g/mol. The van der Waals surface area contributed by atoms with Crippen molar-refractivity contribution in [2.75, 3.05) is 18.0 Å². The number of nitrogens with zero attached hydrogens (tertiary/aromatic N) is 2. The Morgan fingerprint density at radius 2 is 1.86 bits per heavy atom. The van der Waals surface area contributed by atoms with Crippen LogP contribution < -0.4 is 10.4 Å². The topological polar surface area (TPSA) is 37.4 Å². The molecule has 1 N–H and O–H groups in total. The Hall–Kier alpha value is -1.91. The van der Waals surface area contributed by atoms with E-state index >= 15 is 0 Å². The number of rotatable bonds is 6. The molecule has 3 rings (SSSR count). The van der Waals surface area contributed by atoms with Gasteiger partial charge in [0.25, 0.3) is 0 Å². The van der Waals surface area contributed by atoms with Gasteiger partial charge in [-0.15, -0.1) is 0 Å². The first-order valence-corrected chi connectivity index (χ1v) is 8.00. The number of hydrogen-bond donors (Lipinski definition) is 1. The fraction of sp³-hybridized carbons (Fsp3) is 0.389. The van der Waals surface area contributed by atoms with Crippen LogP contribution in [-0.4, -0.2) is 18.1 Å². The van der Waals surface area contributed by atoms with Crippen molar-refractivity contribution in [2.24, 2.45) is 0 Å². The van der Waals surface area contributed by atoms with Gasteiger partial charge in [0.2, 0.25) is 0 Å². The smallest absolute Gasteiger partial charge is 0.0933 e. The number of anilines is 1. The summed E-state index contributed by atoms with van der Waals surface area (Å²) < 4.78 is 0. The fourth-order valence-electron chi connectivity index (χ4n) is 2.74. The Balaban J connectivity index is 1.48. The van der Waals surface area contributed by atoms with E-state index in [1.807, 2.05) is 24.4 Å². The maximum absolute atomic E-state index is 5.51. The Morgan fingerprint density at radius 3 is 2.68 bits per heavy atom. The van der Waals surface area contributed by atoms with Crippen LogP contribution >= 0.6 is 0 Å². The van der Waals surface area contributed by atoms with E-state index in [1.165, 1.54) is 24.9 Å². The van der Waals surface area contributed by atoms with Crippen LogP contribution in [0.4, 0.5) is 5.69 Å². The molecule has 4 nitrogen and oxygen atoms in total. The zero-order chi connectivity index (χ0) is 15.0. The molecule has 0 unspecified atom stereocenters. The van der Waals surface area contributed by atoms with Gasteiger partial charge in [-0.25, -0.2) is 0 Å². The molecule has 1 aliphatic heterocycles. The standard InChI is InChI=1S/C18H23N3O/c1-3-7-16(8-4-1)15-22-20-14-17-13-18(9-10-19-17)21-11-5-2-6-12-21/h1,3-4,7-10,13,20H,2,5-6,11-12,14-15H2. The average Bonchev–Trinajstić information content (AvgIpc) is 2.61. The average molecular weight is 297 g/mol. The van der Waals surface area contributed by atoms with Gasteiger partial charge in [-0.1, -0.05) is 30.3 Å². The molecule has 0 amide bonds. The zero-order valence-corrected chi connectivity index (χ0v) is 12.9. The molecule has 0 aliphatic carbocycles. The lowest BCUT2D eigenvalue weighted by atomic mass is 10.1. The van der Waals surface area contributed by atoms with Gasteiger partial charge >= 0.3 is 0 Å². The second-order valence-electron chi connectivity index (χ2n) is 5.65. The molecular weight excluding hydrogens is 274 g/mol. The van der Waals surface area contributed by atoms with Gasteiger partial charge in [-0.3, -0.25) is 9.82 Å². The summed E-state index contributed by atoms with van der Waals surface area (Å²) in [6.07, 6.45) is 5.81. The Morgan fingerprint density at radius 1 is 1.05 bits per heavy atom. The summed E-state index contributed by atoms with van der Waals surface area (Å²) in [4.78, 5) is 12.4. The second kappa shape index (κ2) is 7.92. The minimum Gasteiger partial charge on any atom is -0.371 e. The predicted octanol–water partition coefficient (Wildman–Crippen LogP) is 3.29. The molecule has 2 aromatic rings. The highest BCUT2D eigenvalue weighted by Crippen LogP contribution is 2.19. The molecule has 4 heteroatoms. The number of aromatic nitrogens is 1. The van der Waals surface area contributed by atoms with Crippen LogP contribution in [0.1, 0.15) is 30.5 Å². The zero-order valence-electron chi connectivity index (χ0n) is 12.9. The van der Waals surface area contributed by atoms with E-state index in [2.05, 4.69) is 39.6 Å². The number of pyridine rings is 1. The molecule has 1 aliphatic rings. The molecule has 1 saturated heterocycles. The van der Waals surface area contributed by atoms with Crippen LogP contribution in [-0.2, 0) is 18.0 Å². The minimum atomic E-state index is 0.562. The van der Waals surface area contributed by atoms with Crippen LogP contribution in [0.25, 0.3) is 0 Å². The minimum absolute atomic E-state index is 0.562. The fourth-order valence-corrected chi connectivity index (χ4v) is 2.74. The maximum atomic E-state index is 5.51. The SMILES string of the molecule is c1ccc(CONCc2cc(N3CCCCC3)ccn2)cc1. The largest absolute Gasteiger partial charge is 0.371 e. The molecule has 0 saturated carbocycles. The van der Waals surface area contributed by atoms with Crippen molar-refractivity contribution in [1.82, 2.24) is 10.5 Å². The summed E-state index contributed by atoms with van der Waals surface area (Å²) in [6, 6.07) is 14.4. The summed E-state index contributed by atoms with van der Waals surface area (Å²) in [5.74, 6) is 0. The van der Waals surface area contributed by atoms with Gasteiger partial charge in [0.1, 0.15) is 0 Å². The lowest BCUT2D eigenvalue weighted by molar-refractivity contribution is 0.0229. The van der Waals surface area contributed by atoms with E-state index < -0.39 is 0 Å². The molecule has 0 spiro atoms. The Bertz CT molecular complexity index is 568. The van der Waals surface area contributed by atoms with Crippen molar-refractivity contribution in [3.8, 4) is 0 Å². The Kier molecular flexibility index (Phi) is 5.40. The summed E-state index contributed by atoms with van der Waals surface area (Å²) >= 11 is 0. The molecule has 1 aromatic heterocycles. The van der Waals surface area contributed by atoms with Crippen molar-refractivity contribution in [2.45, 2.75) is 32.4 Å². The molecule has 1 aromatic carbocycles. The van der Waals surface area contributed by atoms with Crippen LogP contribution in [0.5, 0.6) is 0 Å². The van der Waals surface area contributed by atoms with E-state index in [0.717, 1.165) is 24.3 Å². The predicted molar refractivity (Wildman–Crippen MR) is 88.4 cm³/mol. The van der Waals surface area contributed by atoms with Crippen LogP contribution in [0, 0.1) is 0 Å². The third-order valence-electron chi connectivity index (χ3n) is 3.96. The van der Waals surface area contributed by atoms with Gasteiger partial charge in [0.15, 0.2) is 0 Å². The number of nitrogens with one attached hydrogen (secondary N) is 1. The summed E-state index contributed by atoms with van der Waals surface area (Å²) in [5.41, 5.74) is 6.44. The van der Waals surface area contributed by atoms with Crippen molar-refractivity contribution in [1.29, 1.82) is 0 Å². The number of hydroxylamine groups is 1. The van der Waals surface area contributed by atoms with E-state index in [9.17, 15) is 0 Å². The molecule has 22 heavy (non-hydrogen) atoms. The highest BCUT2D eigenvalue weighted by molar-refractivity contribution is 5.46. The first kappa shape index (κ1) is 15.0. The molecule has 1 fully saturated rings. The van der Waals surface area contributed by atoms with E-state index in [-0.39, 0.29) is 0 Å². The first-order chi connectivity index (χ1) is 10.9. The summed E-state index contributed by atoms with van der Waals surface area (Å²) in [6.45, 7) is 3.49. The van der Waals surface area contributed by atoms with Crippen molar-refractivity contribution < 1.29 is 4.84 Å². The summed E-state index contributed by atoms with van der Waals surface area (Å²) in [5, 5.41) is 0. The molecule has 2 heterocycles. The molecule has 116 valence electrons. The quantitative estimate of drug-likeness (QED) is 0.656.